The number of nitrogens with zero attached hydrogens (tertiary/aromatic N) is 5. The van der Waals surface area contributed by atoms with Crippen LogP contribution in [-0.4, -0.2) is 24.7 Å². The van der Waals surface area contributed by atoms with E-state index in [-0.39, 0.29) is 6.04 Å². The van der Waals surface area contributed by atoms with Crippen molar-refractivity contribution in [3.63, 3.8) is 0 Å². The minimum Gasteiger partial charge on any atom is -0.373 e. The summed E-state index contributed by atoms with van der Waals surface area (Å²) in [4.78, 5) is 8.75. The van der Waals surface area contributed by atoms with Crippen molar-refractivity contribution in [1.82, 2.24) is 24.7 Å². The molecule has 1 N–H and O–H groups in total. The molecule has 6 nitrogen and oxygen atoms in total. The molecule has 7 heteroatoms. The maximum Gasteiger partial charge on any atom is 0.154 e. The number of aryl methyl sites for hydroxylation is 1. The van der Waals surface area contributed by atoms with Gasteiger partial charge in [0.25, 0.3) is 0 Å². The van der Waals surface area contributed by atoms with E-state index in [4.69, 9.17) is 0 Å². The molecule has 102 valence electrons. The molecule has 0 aliphatic heterocycles. The van der Waals surface area contributed by atoms with Crippen LogP contribution in [0.5, 0.6) is 0 Å². The fourth-order valence-corrected chi connectivity index (χ4v) is 2.42. The molecule has 0 fully saturated rings. The van der Waals surface area contributed by atoms with Crippen LogP contribution in [0.4, 0.5) is 5.69 Å². The van der Waals surface area contributed by atoms with Crippen LogP contribution in [0.2, 0.25) is 0 Å². The zero-order valence-electron chi connectivity index (χ0n) is 11.1. The number of aromatic nitrogens is 5. The summed E-state index contributed by atoms with van der Waals surface area (Å²) < 4.78 is 2.81. The Morgan fingerprint density at radius 3 is 2.95 bits per heavy atom. The van der Waals surface area contributed by atoms with Crippen LogP contribution in [0.25, 0.3) is 11.0 Å². The first-order valence-corrected chi connectivity index (χ1v) is 6.95. The third-order valence-electron chi connectivity index (χ3n) is 3.05. The van der Waals surface area contributed by atoms with Gasteiger partial charge in [-0.15, -0.1) is 10.2 Å². The van der Waals surface area contributed by atoms with Crippen molar-refractivity contribution < 1.29 is 0 Å². The average molecular weight is 333 g/mol. The van der Waals surface area contributed by atoms with Crippen molar-refractivity contribution in [2.75, 3.05) is 5.32 Å². The molecule has 3 rings (SSSR count). The van der Waals surface area contributed by atoms with Crippen molar-refractivity contribution in [2.24, 2.45) is 7.05 Å². The third-order valence-corrected chi connectivity index (χ3v) is 3.48. The highest BCUT2D eigenvalue weighted by molar-refractivity contribution is 9.10. The molecule has 0 radical (unpaired) electrons. The Hall–Kier alpha value is -2.02. The number of nitrogens with one attached hydrogen (secondary N) is 1. The van der Waals surface area contributed by atoms with Gasteiger partial charge in [0, 0.05) is 23.9 Å². The van der Waals surface area contributed by atoms with E-state index in [9.17, 15) is 0 Å². The van der Waals surface area contributed by atoms with Gasteiger partial charge in [-0.3, -0.25) is 9.97 Å². The Bertz CT molecular complexity index is 753. The second-order valence-electron chi connectivity index (χ2n) is 4.55. The Morgan fingerprint density at radius 2 is 2.20 bits per heavy atom. The van der Waals surface area contributed by atoms with E-state index < -0.39 is 0 Å². The smallest absolute Gasteiger partial charge is 0.154 e. The maximum absolute atomic E-state index is 4.42. The first-order valence-electron chi connectivity index (χ1n) is 6.16. The van der Waals surface area contributed by atoms with Crippen LogP contribution in [0.3, 0.4) is 0 Å². The molecule has 0 saturated heterocycles. The van der Waals surface area contributed by atoms with E-state index in [1.807, 2.05) is 30.7 Å². The van der Waals surface area contributed by atoms with Gasteiger partial charge < -0.3 is 9.88 Å². The first kappa shape index (κ1) is 13.0. The van der Waals surface area contributed by atoms with Gasteiger partial charge in [-0.05, 0) is 35.0 Å². The zero-order valence-corrected chi connectivity index (χ0v) is 12.7. The predicted octanol–water partition coefficient (Wildman–Crippen LogP) is 2.69. The molecule has 3 aromatic heterocycles. The minimum absolute atomic E-state index is 0.0264. The number of fused-ring (bicyclic) bond motifs is 1. The molecule has 0 spiro atoms. The lowest BCUT2D eigenvalue weighted by molar-refractivity contribution is 0.720. The van der Waals surface area contributed by atoms with Crippen LogP contribution in [-0.2, 0) is 7.05 Å². The lowest BCUT2D eigenvalue weighted by Gasteiger charge is -2.15. The number of hydrogen-bond donors (Lipinski definition) is 1. The topological polar surface area (TPSA) is 68.5 Å². The molecule has 0 aliphatic carbocycles. The standard InChI is InChI=1S/C13H13BrN6/c1-8(13-19-17-7-20(13)2)18-10-3-4-15-11-5-9(14)6-16-12(10)11/h3-8H,1-2H3,(H,15,18). The van der Waals surface area contributed by atoms with Gasteiger partial charge in [-0.2, -0.15) is 0 Å². The van der Waals surface area contributed by atoms with Gasteiger partial charge in [-0.1, -0.05) is 0 Å². The zero-order chi connectivity index (χ0) is 14.1. The lowest BCUT2D eigenvalue weighted by Crippen LogP contribution is -2.12. The SMILES string of the molecule is CC(Nc1ccnc2cc(Br)cnc12)c1nncn1C. The lowest BCUT2D eigenvalue weighted by atomic mass is 10.2. The van der Waals surface area contributed by atoms with Gasteiger partial charge in [0.1, 0.15) is 11.8 Å². The van der Waals surface area contributed by atoms with Crippen molar-refractivity contribution >= 4 is 32.7 Å². The molecule has 0 aliphatic rings. The Morgan fingerprint density at radius 1 is 1.35 bits per heavy atom. The fraction of sp³-hybridized carbons (Fsp3) is 0.231. The number of hydrogen-bond acceptors (Lipinski definition) is 5. The van der Waals surface area contributed by atoms with Crippen molar-refractivity contribution in [3.8, 4) is 0 Å². The van der Waals surface area contributed by atoms with Gasteiger partial charge in [0.05, 0.1) is 17.2 Å². The quantitative estimate of drug-likeness (QED) is 0.798. The van der Waals surface area contributed by atoms with Gasteiger partial charge >= 0.3 is 0 Å². The Labute approximate surface area is 124 Å². The number of anilines is 1. The third kappa shape index (κ3) is 2.36. The summed E-state index contributed by atoms with van der Waals surface area (Å²) >= 11 is 3.40. The molecule has 1 unspecified atom stereocenters. The molecule has 0 aromatic carbocycles. The van der Waals surface area contributed by atoms with E-state index in [0.717, 1.165) is 27.0 Å². The van der Waals surface area contributed by atoms with Crippen LogP contribution < -0.4 is 5.32 Å². The molecule has 3 aromatic rings. The molecule has 0 amide bonds. The molecule has 20 heavy (non-hydrogen) atoms. The summed E-state index contributed by atoms with van der Waals surface area (Å²) in [5.74, 6) is 0.868. The summed E-state index contributed by atoms with van der Waals surface area (Å²) in [5.41, 5.74) is 2.61. The van der Waals surface area contributed by atoms with Crippen LogP contribution >= 0.6 is 15.9 Å². The molecular formula is C13H13BrN6. The molecular weight excluding hydrogens is 320 g/mol. The second kappa shape index (κ2) is 5.16. The van der Waals surface area contributed by atoms with E-state index in [2.05, 4.69) is 41.4 Å². The fourth-order valence-electron chi connectivity index (χ4n) is 2.10. The number of rotatable bonds is 3. The van der Waals surface area contributed by atoms with Crippen molar-refractivity contribution in [1.29, 1.82) is 0 Å². The van der Waals surface area contributed by atoms with Gasteiger partial charge in [-0.25, -0.2) is 0 Å². The normalized spacial score (nSPS) is 12.6. The van der Waals surface area contributed by atoms with Crippen molar-refractivity contribution in [3.05, 3.63) is 41.2 Å². The van der Waals surface area contributed by atoms with Gasteiger partial charge in [0.15, 0.2) is 5.82 Å². The van der Waals surface area contributed by atoms with Crippen LogP contribution in [0.1, 0.15) is 18.8 Å². The second-order valence-corrected chi connectivity index (χ2v) is 5.46. The highest BCUT2D eigenvalue weighted by Gasteiger charge is 2.13. The highest BCUT2D eigenvalue weighted by atomic mass is 79.9. The van der Waals surface area contributed by atoms with E-state index in [1.165, 1.54) is 0 Å². The van der Waals surface area contributed by atoms with E-state index in [0.29, 0.717) is 0 Å². The van der Waals surface area contributed by atoms with Crippen LogP contribution in [0, 0.1) is 0 Å². The maximum atomic E-state index is 4.42. The molecule has 1 atom stereocenters. The number of halogens is 1. The summed E-state index contributed by atoms with van der Waals surface area (Å²) in [6, 6.07) is 3.88. The van der Waals surface area contributed by atoms with E-state index >= 15 is 0 Å². The molecule has 0 bridgehead atoms. The highest BCUT2D eigenvalue weighted by Crippen LogP contribution is 2.25. The van der Waals surface area contributed by atoms with E-state index in [1.54, 1.807) is 18.7 Å². The predicted molar refractivity (Wildman–Crippen MR) is 80.3 cm³/mol. The average Bonchev–Trinajstić information content (AvgIpc) is 2.85. The summed E-state index contributed by atoms with van der Waals surface area (Å²) in [6.07, 6.45) is 5.22. The summed E-state index contributed by atoms with van der Waals surface area (Å²) in [5, 5.41) is 11.4. The summed E-state index contributed by atoms with van der Waals surface area (Å²) in [6.45, 7) is 2.04. The minimum atomic E-state index is 0.0264. The first-order chi connectivity index (χ1) is 9.65. The van der Waals surface area contributed by atoms with Crippen LogP contribution in [0.15, 0.2) is 35.3 Å². The Kier molecular flexibility index (Phi) is 3.35. The summed E-state index contributed by atoms with van der Waals surface area (Å²) in [7, 11) is 1.92. The van der Waals surface area contributed by atoms with Gasteiger partial charge in [0.2, 0.25) is 0 Å². The monoisotopic (exact) mass is 332 g/mol. The molecule has 3 heterocycles. The Balaban J connectivity index is 1.97. The molecule has 0 saturated carbocycles. The number of pyridine rings is 2. The van der Waals surface area contributed by atoms with Crippen molar-refractivity contribution in [2.45, 2.75) is 13.0 Å². The largest absolute Gasteiger partial charge is 0.373 e.